The normalized spacial score (nSPS) is 16.6. The Hall–Kier alpha value is -2.30. The maximum absolute atomic E-state index is 13.3. The number of carbonyl (C=O) groups is 2. The molecule has 0 bridgehead atoms. The van der Waals surface area contributed by atoms with Gasteiger partial charge in [-0.3, -0.25) is 9.59 Å². The molecule has 2 N–H and O–H groups in total. The number of rotatable bonds is 7. The Morgan fingerprint density at radius 3 is 2.53 bits per heavy atom. The van der Waals surface area contributed by atoms with Crippen molar-refractivity contribution in [1.29, 1.82) is 5.26 Å². The minimum Gasteiger partial charge on any atom is -0.326 e. The van der Waals surface area contributed by atoms with Gasteiger partial charge in [-0.15, -0.1) is 23.1 Å². The molecular weight excluding hydrogens is 486 g/mol. The van der Waals surface area contributed by atoms with Crippen molar-refractivity contribution in [2.45, 2.75) is 90.7 Å². The predicted molar refractivity (Wildman–Crippen MR) is 152 cm³/mol. The van der Waals surface area contributed by atoms with Gasteiger partial charge in [0.05, 0.1) is 10.8 Å². The van der Waals surface area contributed by atoms with E-state index in [9.17, 15) is 14.9 Å². The average Bonchev–Trinajstić information content (AvgIpc) is 3.11. The number of anilines is 2. The molecule has 2 atom stereocenters. The summed E-state index contributed by atoms with van der Waals surface area (Å²) in [6.45, 7) is 14.9. The molecule has 5 nitrogen and oxygen atoms in total. The number of nitriles is 1. The Kier molecular flexibility index (Phi) is 8.95. The summed E-state index contributed by atoms with van der Waals surface area (Å²) in [5.74, 6) is 0.467. The molecule has 194 valence electrons. The van der Waals surface area contributed by atoms with Gasteiger partial charge in [0.2, 0.25) is 11.8 Å². The lowest BCUT2D eigenvalue weighted by atomic mass is 9.72. The first-order valence-corrected chi connectivity index (χ1v) is 14.4. The van der Waals surface area contributed by atoms with Crippen LogP contribution in [0.25, 0.3) is 0 Å². The van der Waals surface area contributed by atoms with Crippen LogP contribution in [0.15, 0.2) is 29.2 Å². The topological polar surface area (TPSA) is 82.0 Å². The fourth-order valence-electron chi connectivity index (χ4n) is 4.54. The molecule has 1 aliphatic rings. The van der Waals surface area contributed by atoms with Crippen LogP contribution in [0, 0.1) is 28.1 Å². The van der Waals surface area contributed by atoms with E-state index in [1.165, 1.54) is 16.6 Å². The largest absolute Gasteiger partial charge is 0.326 e. The summed E-state index contributed by atoms with van der Waals surface area (Å²) in [6, 6.07) is 9.99. The third kappa shape index (κ3) is 7.36. The molecule has 0 spiro atoms. The van der Waals surface area contributed by atoms with E-state index in [4.69, 9.17) is 0 Å². The average molecular weight is 526 g/mol. The lowest BCUT2D eigenvalue weighted by Gasteiger charge is -2.33. The van der Waals surface area contributed by atoms with Crippen LogP contribution in [-0.4, -0.2) is 17.1 Å². The van der Waals surface area contributed by atoms with Gasteiger partial charge in [0, 0.05) is 21.9 Å². The van der Waals surface area contributed by atoms with Crippen molar-refractivity contribution in [3.8, 4) is 6.07 Å². The van der Waals surface area contributed by atoms with E-state index in [-0.39, 0.29) is 27.9 Å². The second kappa shape index (κ2) is 11.4. The number of hydrogen-bond donors (Lipinski definition) is 2. The van der Waals surface area contributed by atoms with Crippen molar-refractivity contribution in [3.63, 3.8) is 0 Å². The molecule has 1 aromatic heterocycles. The molecule has 0 saturated heterocycles. The van der Waals surface area contributed by atoms with Crippen LogP contribution < -0.4 is 10.6 Å². The first-order chi connectivity index (χ1) is 16.8. The first kappa shape index (κ1) is 28.3. The Balaban J connectivity index is 1.70. The summed E-state index contributed by atoms with van der Waals surface area (Å²) in [7, 11) is 0. The molecule has 1 aliphatic carbocycles. The summed E-state index contributed by atoms with van der Waals surface area (Å²) in [6.07, 6.45) is 4.02. The molecule has 1 aromatic carbocycles. The van der Waals surface area contributed by atoms with Crippen LogP contribution >= 0.6 is 23.1 Å². The smallest absolute Gasteiger partial charge is 0.238 e. The van der Waals surface area contributed by atoms with Crippen molar-refractivity contribution in [2.75, 3.05) is 10.6 Å². The van der Waals surface area contributed by atoms with Crippen molar-refractivity contribution in [2.24, 2.45) is 16.7 Å². The molecule has 2 amide bonds. The SMILES string of the molecule is CCC(Sc1cccc(NC(=O)CC(C)(C)C)c1)C(=O)Nc1sc2c(c1C#N)CCC(C(C)(C)C)C2. The van der Waals surface area contributed by atoms with E-state index in [2.05, 4.69) is 37.5 Å². The van der Waals surface area contributed by atoms with Crippen LogP contribution in [0.5, 0.6) is 0 Å². The Morgan fingerprint density at radius 2 is 1.92 bits per heavy atom. The summed E-state index contributed by atoms with van der Waals surface area (Å²) < 4.78 is 0. The molecule has 2 unspecified atom stereocenters. The number of nitrogens with one attached hydrogen (secondary N) is 2. The van der Waals surface area contributed by atoms with E-state index in [1.54, 1.807) is 11.3 Å². The summed E-state index contributed by atoms with van der Waals surface area (Å²) in [5.41, 5.74) is 2.63. The molecule has 0 aliphatic heterocycles. The summed E-state index contributed by atoms with van der Waals surface area (Å²) in [5, 5.41) is 16.3. The highest BCUT2D eigenvalue weighted by Crippen LogP contribution is 2.44. The standard InChI is InChI=1S/C29H39N3O2S2/c1-8-23(35-20-11-9-10-19(15-20)31-25(33)16-28(2,3)4)26(34)32-27-22(17-30)21-13-12-18(29(5,6)7)14-24(21)36-27/h9-11,15,18,23H,8,12-14,16H2,1-7H3,(H,31,33)(H,32,34). The van der Waals surface area contributed by atoms with E-state index in [1.807, 2.05) is 52.0 Å². The Labute approximate surface area is 224 Å². The van der Waals surface area contributed by atoms with Gasteiger partial charge in [0.25, 0.3) is 0 Å². The number of thioether (sulfide) groups is 1. The molecule has 2 aromatic rings. The highest BCUT2D eigenvalue weighted by Gasteiger charge is 2.33. The molecule has 1 heterocycles. The molecule has 0 saturated carbocycles. The zero-order valence-corrected chi connectivity index (χ0v) is 24.2. The third-order valence-electron chi connectivity index (χ3n) is 6.59. The van der Waals surface area contributed by atoms with Gasteiger partial charge in [-0.25, -0.2) is 0 Å². The van der Waals surface area contributed by atoms with Crippen LogP contribution in [-0.2, 0) is 22.4 Å². The number of hydrogen-bond acceptors (Lipinski definition) is 5. The van der Waals surface area contributed by atoms with E-state index < -0.39 is 0 Å². The Bertz CT molecular complexity index is 1150. The fraction of sp³-hybridized carbons (Fsp3) is 0.552. The van der Waals surface area contributed by atoms with Crippen LogP contribution in [0.4, 0.5) is 10.7 Å². The number of amides is 2. The molecule has 0 radical (unpaired) electrons. The van der Waals surface area contributed by atoms with Crippen molar-refractivity contribution < 1.29 is 9.59 Å². The van der Waals surface area contributed by atoms with Crippen LogP contribution in [0.1, 0.15) is 83.7 Å². The van der Waals surface area contributed by atoms with E-state index >= 15 is 0 Å². The van der Waals surface area contributed by atoms with Crippen molar-refractivity contribution in [1.82, 2.24) is 0 Å². The van der Waals surface area contributed by atoms with Crippen molar-refractivity contribution in [3.05, 3.63) is 40.3 Å². The lowest BCUT2D eigenvalue weighted by Crippen LogP contribution is -2.26. The molecule has 36 heavy (non-hydrogen) atoms. The summed E-state index contributed by atoms with van der Waals surface area (Å²) >= 11 is 3.05. The van der Waals surface area contributed by atoms with Crippen molar-refractivity contribution >= 4 is 45.6 Å². The monoisotopic (exact) mass is 525 g/mol. The number of thiophene rings is 1. The lowest BCUT2D eigenvalue weighted by molar-refractivity contribution is -0.118. The van der Waals surface area contributed by atoms with Crippen LogP contribution in [0.3, 0.4) is 0 Å². The molecule has 3 rings (SSSR count). The number of fused-ring (bicyclic) bond motifs is 1. The summed E-state index contributed by atoms with van der Waals surface area (Å²) in [4.78, 5) is 27.8. The maximum atomic E-state index is 13.3. The van der Waals surface area contributed by atoms with Gasteiger partial charge in [0.15, 0.2) is 0 Å². The highest BCUT2D eigenvalue weighted by atomic mass is 32.2. The fourth-order valence-corrected chi connectivity index (χ4v) is 6.84. The third-order valence-corrected chi connectivity index (χ3v) is 9.12. The van der Waals surface area contributed by atoms with E-state index in [0.717, 1.165) is 35.4 Å². The van der Waals surface area contributed by atoms with Gasteiger partial charge >= 0.3 is 0 Å². The Morgan fingerprint density at radius 1 is 1.19 bits per heavy atom. The predicted octanol–water partition coefficient (Wildman–Crippen LogP) is 7.65. The highest BCUT2D eigenvalue weighted by molar-refractivity contribution is 8.00. The van der Waals surface area contributed by atoms with E-state index in [0.29, 0.717) is 29.3 Å². The number of nitrogens with zero attached hydrogens (tertiary/aromatic N) is 1. The zero-order valence-electron chi connectivity index (χ0n) is 22.6. The van der Waals surface area contributed by atoms with Gasteiger partial charge in [-0.2, -0.15) is 5.26 Å². The van der Waals surface area contributed by atoms with Gasteiger partial charge in [-0.1, -0.05) is 54.5 Å². The number of benzene rings is 1. The quantitative estimate of drug-likeness (QED) is 0.364. The second-order valence-corrected chi connectivity index (χ2v) is 14.3. The second-order valence-electron chi connectivity index (χ2n) is 11.9. The maximum Gasteiger partial charge on any atom is 0.238 e. The minimum atomic E-state index is -0.307. The minimum absolute atomic E-state index is 0.0196. The zero-order chi connectivity index (χ0) is 26.7. The first-order valence-electron chi connectivity index (χ1n) is 12.7. The molecule has 7 heteroatoms. The molecular formula is C29H39N3O2S2. The van der Waals surface area contributed by atoms with Gasteiger partial charge < -0.3 is 10.6 Å². The van der Waals surface area contributed by atoms with Gasteiger partial charge in [0.1, 0.15) is 11.1 Å². The molecule has 0 fully saturated rings. The van der Waals surface area contributed by atoms with Gasteiger partial charge in [-0.05, 0) is 66.2 Å². The number of carbonyl (C=O) groups excluding carboxylic acids is 2. The van der Waals surface area contributed by atoms with Crippen LogP contribution in [0.2, 0.25) is 0 Å².